The lowest BCUT2D eigenvalue weighted by molar-refractivity contribution is 0.820. The number of hydrogen-bond acceptors (Lipinski definition) is 2. The van der Waals surface area contributed by atoms with Crippen molar-refractivity contribution < 1.29 is 0 Å². The molecule has 1 aliphatic rings. The van der Waals surface area contributed by atoms with E-state index < -0.39 is 0 Å². The number of nitrogens with one attached hydrogen (secondary N) is 1. The van der Waals surface area contributed by atoms with Gasteiger partial charge in [-0.3, -0.25) is 0 Å². The molecule has 1 aromatic heterocycles. The van der Waals surface area contributed by atoms with Crippen LogP contribution >= 0.6 is 0 Å². The number of aromatic nitrogens is 2. The quantitative estimate of drug-likeness (QED) is 0.561. The largest absolute Gasteiger partial charge is 0.385 e. The van der Waals surface area contributed by atoms with Gasteiger partial charge < -0.3 is 9.88 Å². The van der Waals surface area contributed by atoms with Gasteiger partial charge in [0.15, 0.2) is 0 Å². The van der Waals surface area contributed by atoms with Crippen molar-refractivity contribution in [2.24, 2.45) is 7.05 Å². The SMILES string of the molecule is Cn1cnc2c1C=CNC2. The smallest absolute Gasteiger partial charge is 0.0952 e. The van der Waals surface area contributed by atoms with E-state index in [4.69, 9.17) is 0 Å². The van der Waals surface area contributed by atoms with E-state index >= 15 is 0 Å². The van der Waals surface area contributed by atoms with Crippen molar-refractivity contribution >= 4 is 6.08 Å². The second-order valence-electron chi connectivity index (χ2n) is 2.40. The molecule has 0 amide bonds. The van der Waals surface area contributed by atoms with E-state index in [-0.39, 0.29) is 0 Å². The van der Waals surface area contributed by atoms with Crippen molar-refractivity contribution in [1.29, 1.82) is 0 Å². The van der Waals surface area contributed by atoms with Crippen LogP contribution in [0.4, 0.5) is 0 Å². The Kier molecular flexibility index (Phi) is 1.03. The van der Waals surface area contributed by atoms with Crippen LogP contribution in [0.1, 0.15) is 11.4 Å². The molecule has 0 saturated heterocycles. The summed E-state index contributed by atoms with van der Waals surface area (Å²) in [5, 5.41) is 3.10. The third kappa shape index (κ3) is 0.635. The van der Waals surface area contributed by atoms with E-state index in [1.165, 1.54) is 5.69 Å². The van der Waals surface area contributed by atoms with E-state index in [0.29, 0.717) is 0 Å². The average molecular weight is 135 g/mol. The number of nitrogens with zero attached hydrogens (tertiary/aromatic N) is 2. The highest BCUT2D eigenvalue weighted by atomic mass is 15.1. The Bertz CT molecular complexity index is 272. The number of fused-ring (bicyclic) bond motifs is 1. The van der Waals surface area contributed by atoms with Crippen molar-refractivity contribution in [3.63, 3.8) is 0 Å². The molecule has 0 aliphatic carbocycles. The van der Waals surface area contributed by atoms with Gasteiger partial charge in [-0.1, -0.05) is 0 Å². The third-order valence-electron chi connectivity index (χ3n) is 1.69. The fourth-order valence-corrected chi connectivity index (χ4v) is 1.13. The van der Waals surface area contributed by atoms with Gasteiger partial charge in [0.1, 0.15) is 0 Å². The third-order valence-corrected chi connectivity index (χ3v) is 1.69. The predicted octanol–water partition coefficient (Wildman–Crippen LogP) is 0.494. The molecule has 0 saturated carbocycles. The molecule has 2 rings (SSSR count). The van der Waals surface area contributed by atoms with Crippen molar-refractivity contribution in [3.05, 3.63) is 23.9 Å². The standard InChI is InChI=1S/C7H9N3/c1-10-5-9-6-4-8-3-2-7(6)10/h2-3,5,8H,4H2,1H3. The monoisotopic (exact) mass is 135 g/mol. The zero-order chi connectivity index (χ0) is 6.97. The number of hydrogen-bond donors (Lipinski definition) is 1. The molecular formula is C7H9N3. The van der Waals surface area contributed by atoms with Crippen LogP contribution in [0.15, 0.2) is 12.5 Å². The lowest BCUT2D eigenvalue weighted by atomic mass is 10.2. The van der Waals surface area contributed by atoms with Crippen LogP contribution in [0.2, 0.25) is 0 Å². The van der Waals surface area contributed by atoms with E-state index in [1.54, 1.807) is 0 Å². The summed E-state index contributed by atoms with van der Waals surface area (Å²) in [5.41, 5.74) is 2.34. The van der Waals surface area contributed by atoms with Gasteiger partial charge in [0.05, 0.1) is 24.3 Å². The molecule has 1 aromatic rings. The average Bonchev–Trinajstić information content (AvgIpc) is 2.34. The molecule has 52 valence electrons. The van der Waals surface area contributed by atoms with Gasteiger partial charge >= 0.3 is 0 Å². The Balaban J connectivity index is 2.57. The summed E-state index contributed by atoms with van der Waals surface area (Å²) in [5.74, 6) is 0. The minimum Gasteiger partial charge on any atom is -0.385 e. The Hall–Kier alpha value is -1.25. The zero-order valence-electron chi connectivity index (χ0n) is 5.83. The first-order valence-electron chi connectivity index (χ1n) is 3.28. The molecule has 10 heavy (non-hydrogen) atoms. The maximum atomic E-state index is 4.21. The molecule has 3 heteroatoms. The molecule has 1 aliphatic heterocycles. The molecule has 0 bridgehead atoms. The summed E-state index contributed by atoms with van der Waals surface area (Å²) >= 11 is 0. The van der Waals surface area contributed by atoms with Gasteiger partial charge in [-0.25, -0.2) is 4.98 Å². The zero-order valence-corrected chi connectivity index (χ0v) is 5.83. The highest BCUT2D eigenvalue weighted by molar-refractivity contribution is 5.49. The van der Waals surface area contributed by atoms with Gasteiger partial charge in [0.2, 0.25) is 0 Å². The summed E-state index contributed by atoms with van der Waals surface area (Å²) in [4.78, 5) is 4.21. The predicted molar refractivity (Wildman–Crippen MR) is 39.1 cm³/mol. The molecule has 0 fully saturated rings. The van der Waals surface area contributed by atoms with Crippen molar-refractivity contribution in [3.8, 4) is 0 Å². The second-order valence-corrected chi connectivity index (χ2v) is 2.40. The van der Waals surface area contributed by atoms with Crippen LogP contribution in [0.5, 0.6) is 0 Å². The Morgan fingerprint density at radius 3 is 3.40 bits per heavy atom. The summed E-state index contributed by atoms with van der Waals surface area (Å²) in [7, 11) is 2.00. The van der Waals surface area contributed by atoms with Gasteiger partial charge in [0.25, 0.3) is 0 Å². The molecular weight excluding hydrogens is 126 g/mol. The fourth-order valence-electron chi connectivity index (χ4n) is 1.13. The van der Waals surface area contributed by atoms with E-state index in [0.717, 1.165) is 12.2 Å². The lowest BCUT2D eigenvalue weighted by Crippen LogP contribution is -2.10. The highest BCUT2D eigenvalue weighted by Gasteiger charge is 2.06. The first-order valence-corrected chi connectivity index (χ1v) is 3.28. The Labute approximate surface area is 59.4 Å². The maximum Gasteiger partial charge on any atom is 0.0952 e. The van der Waals surface area contributed by atoms with Gasteiger partial charge in [-0.05, 0) is 12.3 Å². The second kappa shape index (κ2) is 1.87. The van der Waals surface area contributed by atoms with Crippen molar-refractivity contribution in [2.75, 3.05) is 0 Å². The van der Waals surface area contributed by atoms with E-state index in [2.05, 4.69) is 10.3 Å². The summed E-state index contributed by atoms with van der Waals surface area (Å²) in [6, 6.07) is 0. The topological polar surface area (TPSA) is 29.9 Å². The van der Waals surface area contributed by atoms with Crippen molar-refractivity contribution in [2.45, 2.75) is 6.54 Å². The molecule has 2 heterocycles. The van der Waals surface area contributed by atoms with E-state index in [9.17, 15) is 0 Å². The Morgan fingerprint density at radius 2 is 2.60 bits per heavy atom. The Morgan fingerprint density at radius 1 is 1.70 bits per heavy atom. The molecule has 0 unspecified atom stereocenters. The van der Waals surface area contributed by atoms with Crippen LogP contribution in [-0.4, -0.2) is 9.55 Å². The van der Waals surface area contributed by atoms with Crippen LogP contribution in [-0.2, 0) is 13.6 Å². The molecule has 0 atom stereocenters. The van der Waals surface area contributed by atoms with Crippen LogP contribution < -0.4 is 5.32 Å². The van der Waals surface area contributed by atoms with Gasteiger partial charge in [0, 0.05) is 7.05 Å². The van der Waals surface area contributed by atoms with Crippen LogP contribution in [0.3, 0.4) is 0 Å². The van der Waals surface area contributed by atoms with Gasteiger partial charge in [-0.2, -0.15) is 0 Å². The summed E-state index contributed by atoms with van der Waals surface area (Å²) in [6.45, 7) is 0.854. The van der Waals surface area contributed by atoms with Crippen molar-refractivity contribution in [1.82, 2.24) is 14.9 Å². The first kappa shape index (κ1) is 5.53. The van der Waals surface area contributed by atoms with Crippen LogP contribution in [0, 0.1) is 0 Å². The summed E-state index contributed by atoms with van der Waals surface area (Å²) in [6.07, 6.45) is 5.82. The molecule has 3 nitrogen and oxygen atoms in total. The number of aryl methyl sites for hydroxylation is 1. The number of rotatable bonds is 0. The fraction of sp³-hybridized carbons (Fsp3) is 0.286. The highest BCUT2D eigenvalue weighted by Crippen LogP contribution is 2.10. The first-order chi connectivity index (χ1) is 4.88. The minimum atomic E-state index is 0.854. The molecule has 0 spiro atoms. The normalized spacial score (nSPS) is 14.5. The lowest BCUT2D eigenvalue weighted by Gasteiger charge is -2.06. The van der Waals surface area contributed by atoms with E-state index in [1.807, 2.05) is 30.2 Å². The molecule has 1 N–H and O–H groups in total. The van der Waals surface area contributed by atoms with Gasteiger partial charge in [-0.15, -0.1) is 0 Å². The number of imidazole rings is 1. The minimum absolute atomic E-state index is 0.854. The maximum absolute atomic E-state index is 4.21. The molecule has 0 radical (unpaired) electrons. The molecule has 0 aromatic carbocycles. The van der Waals surface area contributed by atoms with Crippen LogP contribution in [0.25, 0.3) is 6.08 Å². The summed E-state index contributed by atoms with van der Waals surface area (Å²) < 4.78 is 2.02.